The number of carbonyl (C=O) groups excluding carboxylic acids is 4. The number of rotatable bonds is 8. The number of hydrogen-bond donors (Lipinski definition) is 1. The van der Waals surface area contributed by atoms with E-state index in [1.807, 2.05) is 24.3 Å². The number of fused-ring (bicyclic) bond motifs is 1. The molecule has 4 amide bonds. The smallest absolute Gasteiger partial charge is 0.254 e. The maximum absolute atomic E-state index is 12.8. The summed E-state index contributed by atoms with van der Waals surface area (Å²) in [5, 5.41) is 2.19. The fourth-order valence-electron chi connectivity index (χ4n) is 3.97. The topological polar surface area (TPSA) is 105 Å². The monoisotopic (exact) mass is 475 g/mol. The van der Waals surface area contributed by atoms with E-state index in [1.165, 1.54) is 4.90 Å². The molecule has 1 saturated heterocycles. The summed E-state index contributed by atoms with van der Waals surface area (Å²) in [7, 11) is 5.97. The zero-order chi connectivity index (χ0) is 24.9. The Morgan fingerprint density at radius 2 is 1.89 bits per heavy atom. The van der Waals surface area contributed by atoms with E-state index in [-0.39, 0.29) is 38.0 Å². The van der Waals surface area contributed by atoms with E-state index in [9.17, 15) is 19.2 Å². The Kier molecular flexibility index (Phi) is 7.50. The van der Waals surface area contributed by atoms with Gasteiger partial charge in [-0.05, 0) is 23.3 Å². The molecular formula is C25H26BN3O6. The van der Waals surface area contributed by atoms with E-state index >= 15 is 0 Å². The van der Waals surface area contributed by atoms with Gasteiger partial charge in [0.2, 0.25) is 17.7 Å². The summed E-state index contributed by atoms with van der Waals surface area (Å²) < 4.78 is 11.2. The quantitative estimate of drug-likeness (QED) is 0.574. The molecule has 2 aromatic carbocycles. The Morgan fingerprint density at radius 3 is 2.60 bits per heavy atom. The van der Waals surface area contributed by atoms with Crippen molar-refractivity contribution in [1.82, 2.24) is 15.1 Å². The average Bonchev–Trinajstić information content (AvgIpc) is 3.21. The van der Waals surface area contributed by atoms with Crippen LogP contribution in [0.2, 0.25) is 0 Å². The molecule has 9 nitrogen and oxygen atoms in total. The van der Waals surface area contributed by atoms with Crippen molar-refractivity contribution in [2.24, 2.45) is 0 Å². The molecule has 0 bridgehead atoms. The van der Waals surface area contributed by atoms with Crippen LogP contribution < -0.4 is 10.1 Å². The third-order valence-corrected chi connectivity index (χ3v) is 6.02. The molecule has 1 unspecified atom stereocenters. The average molecular weight is 475 g/mol. The molecule has 35 heavy (non-hydrogen) atoms. The number of morpholine rings is 1. The highest BCUT2D eigenvalue weighted by Crippen LogP contribution is 2.32. The third-order valence-electron chi connectivity index (χ3n) is 6.02. The molecule has 0 aromatic heterocycles. The molecule has 2 heterocycles. The van der Waals surface area contributed by atoms with E-state index in [0.717, 1.165) is 11.1 Å². The lowest BCUT2D eigenvalue weighted by atomic mass is 9.93. The lowest BCUT2D eigenvalue weighted by Crippen LogP contribution is -2.49. The summed E-state index contributed by atoms with van der Waals surface area (Å²) in [4.78, 5) is 51.5. The first-order chi connectivity index (χ1) is 16.9. The van der Waals surface area contributed by atoms with Crippen LogP contribution in [0.15, 0.2) is 42.5 Å². The number of imide groups is 1. The van der Waals surface area contributed by atoms with Crippen LogP contribution in [0.25, 0.3) is 0 Å². The molecule has 0 aliphatic carbocycles. The second kappa shape index (κ2) is 10.7. The molecule has 1 fully saturated rings. The molecule has 0 spiro atoms. The van der Waals surface area contributed by atoms with Gasteiger partial charge in [0.05, 0.1) is 19.1 Å². The van der Waals surface area contributed by atoms with Crippen LogP contribution in [0, 0.1) is 0 Å². The molecule has 2 aliphatic rings. The zero-order valence-electron chi connectivity index (χ0n) is 19.5. The second-order valence-electron chi connectivity index (χ2n) is 8.40. The summed E-state index contributed by atoms with van der Waals surface area (Å²) in [5.41, 5.74) is 3.00. The summed E-state index contributed by atoms with van der Waals surface area (Å²) in [5.74, 6) is -2.35. The SMILES string of the molecule is [B]C(C(=O)NC(=O)CC)N1Cc2c(OCc3ccc(CN4CCOCC4=O)cc3)cccc2C1=O. The number of nitrogens with one attached hydrogen (secondary N) is 1. The van der Waals surface area contributed by atoms with Crippen molar-refractivity contribution >= 4 is 31.5 Å². The van der Waals surface area contributed by atoms with Gasteiger partial charge in [0.1, 0.15) is 26.8 Å². The summed E-state index contributed by atoms with van der Waals surface area (Å²) >= 11 is 0. The zero-order valence-corrected chi connectivity index (χ0v) is 19.5. The van der Waals surface area contributed by atoms with Crippen molar-refractivity contribution in [2.75, 3.05) is 19.8 Å². The number of nitrogens with zero attached hydrogens (tertiary/aromatic N) is 2. The number of hydrogen-bond acceptors (Lipinski definition) is 6. The van der Waals surface area contributed by atoms with E-state index in [4.69, 9.17) is 17.3 Å². The first-order valence-electron chi connectivity index (χ1n) is 11.5. The fourth-order valence-corrected chi connectivity index (χ4v) is 3.97. The van der Waals surface area contributed by atoms with Gasteiger partial charge < -0.3 is 19.3 Å². The predicted molar refractivity (Wildman–Crippen MR) is 126 cm³/mol. The van der Waals surface area contributed by atoms with Gasteiger partial charge in [-0.15, -0.1) is 0 Å². The van der Waals surface area contributed by atoms with Crippen molar-refractivity contribution in [1.29, 1.82) is 0 Å². The van der Waals surface area contributed by atoms with E-state index in [0.29, 0.717) is 36.6 Å². The molecule has 1 N–H and O–H groups in total. The maximum atomic E-state index is 12.8. The summed E-state index contributed by atoms with van der Waals surface area (Å²) in [6.45, 7) is 3.78. The van der Waals surface area contributed by atoms with Gasteiger partial charge in [-0.3, -0.25) is 24.5 Å². The second-order valence-corrected chi connectivity index (χ2v) is 8.40. The number of carbonyl (C=O) groups is 4. The molecular weight excluding hydrogens is 449 g/mol. The van der Waals surface area contributed by atoms with Crippen molar-refractivity contribution in [3.8, 4) is 5.75 Å². The Labute approximate surface area is 204 Å². The molecule has 10 heteroatoms. The largest absolute Gasteiger partial charge is 0.489 e. The van der Waals surface area contributed by atoms with Crippen LogP contribution in [-0.2, 0) is 38.8 Å². The van der Waals surface area contributed by atoms with Crippen LogP contribution in [0.1, 0.15) is 40.4 Å². The highest BCUT2D eigenvalue weighted by atomic mass is 16.5. The van der Waals surface area contributed by atoms with E-state index < -0.39 is 17.8 Å². The predicted octanol–water partition coefficient (Wildman–Crippen LogP) is 1.13. The normalized spacial score (nSPS) is 16.1. The van der Waals surface area contributed by atoms with Crippen LogP contribution in [-0.4, -0.2) is 67.0 Å². The molecule has 0 saturated carbocycles. The van der Waals surface area contributed by atoms with Crippen molar-refractivity contribution in [3.63, 3.8) is 0 Å². The number of benzene rings is 2. The van der Waals surface area contributed by atoms with Crippen LogP contribution in [0.5, 0.6) is 5.75 Å². The first kappa shape index (κ1) is 24.5. The maximum Gasteiger partial charge on any atom is 0.254 e. The first-order valence-corrected chi connectivity index (χ1v) is 11.5. The molecule has 180 valence electrons. The van der Waals surface area contributed by atoms with E-state index in [1.54, 1.807) is 30.0 Å². The van der Waals surface area contributed by atoms with Gasteiger partial charge in [0, 0.05) is 30.6 Å². The van der Waals surface area contributed by atoms with Crippen LogP contribution in [0.3, 0.4) is 0 Å². The molecule has 2 aliphatic heterocycles. The van der Waals surface area contributed by atoms with Gasteiger partial charge in [0.15, 0.2) is 0 Å². The summed E-state index contributed by atoms with van der Waals surface area (Å²) in [6.07, 6.45) is 0.136. The van der Waals surface area contributed by atoms with Crippen molar-refractivity contribution in [2.45, 2.75) is 39.0 Å². The molecule has 2 aromatic rings. The third kappa shape index (κ3) is 5.54. The Hall–Kier alpha value is -3.66. The minimum atomic E-state index is -1.29. The molecule has 1 atom stereocenters. The van der Waals surface area contributed by atoms with E-state index in [2.05, 4.69) is 5.32 Å². The van der Waals surface area contributed by atoms with Crippen molar-refractivity contribution < 1.29 is 28.7 Å². The number of amides is 4. The Morgan fingerprint density at radius 1 is 1.14 bits per heavy atom. The highest BCUT2D eigenvalue weighted by molar-refractivity contribution is 6.27. The van der Waals surface area contributed by atoms with Gasteiger partial charge in [-0.1, -0.05) is 37.3 Å². The Bertz CT molecular complexity index is 1140. The van der Waals surface area contributed by atoms with Gasteiger partial charge in [-0.25, -0.2) is 0 Å². The number of ether oxygens (including phenoxy) is 2. The lowest BCUT2D eigenvalue weighted by Gasteiger charge is -2.26. The Balaban J connectivity index is 1.38. The molecule has 4 rings (SSSR count). The minimum absolute atomic E-state index is 0.0145. The minimum Gasteiger partial charge on any atom is -0.489 e. The molecule has 2 radical (unpaired) electrons. The van der Waals surface area contributed by atoms with Gasteiger partial charge in [-0.2, -0.15) is 0 Å². The van der Waals surface area contributed by atoms with Gasteiger partial charge >= 0.3 is 0 Å². The lowest BCUT2D eigenvalue weighted by molar-refractivity contribution is -0.143. The fraction of sp³-hybridized carbons (Fsp3) is 0.360. The van der Waals surface area contributed by atoms with Crippen LogP contribution in [0.4, 0.5) is 0 Å². The standard InChI is InChI=1S/C25H26BN3O6/c1-2-21(30)27-24(32)23(26)29-13-19-18(25(29)33)4-3-5-20(19)35-14-17-8-6-16(7-9-17)12-28-10-11-34-15-22(28)31/h3-9,23H,2,10-15H2,1H3,(H,27,30,32). The summed E-state index contributed by atoms with van der Waals surface area (Å²) in [6, 6.07) is 12.9. The van der Waals surface area contributed by atoms with Crippen LogP contribution >= 0.6 is 0 Å². The van der Waals surface area contributed by atoms with Crippen molar-refractivity contribution in [3.05, 3.63) is 64.7 Å². The van der Waals surface area contributed by atoms with Gasteiger partial charge in [0.25, 0.3) is 5.91 Å². The highest BCUT2D eigenvalue weighted by Gasteiger charge is 2.35.